The molecule has 2 aromatic rings. The number of aryl methyl sites for hydroxylation is 1. The maximum absolute atomic E-state index is 13.9. The second-order valence-corrected chi connectivity index (χ2v) is 8.04. The van der Waals surface area contributed by atoms with Gasteiger partial charge in [0.15, 0.2) is 11.5 Å². The summed E-state index contributed by atoms with van der Waals surface area (Å²) in [5.41, 5.74) is -1.27. The SMILES string of the molecule is CC(C)OC(=O)OCOc1c2n(cc(C(=O)NCc3ccc(F)cc3F)c1=O)CCC(C)C2=O. The largest absolute Gasteiger partial charge is 0.511 e. The molecular formula is C23H24F2N2O7. The van der Waals surface area contributed by atoms with Crippen molar-refractivity contribution in [2.24, 2.45) is 5.92 Å². The maximum atomic E-state index is 13.9. The number of aromatic nitrogens is 1. The summed E-state index contributed by atoms with van der Waals surface area (Å²) in [6, 6.07) is 2.90. The number of benzene rings is 1. The lowest BCUT2D eigenvalue weighted by Gasteiger charge is -2.25. The molecule has 0 aliphatic carbocycles. The van der Waals surface area contributed by atoms with Gasteiger partial charge in [0.1, 0.15) is 22.9 Å². The van der Waals surface area contributed by atoms with Gasteiger partial charge in [0.05, 0.1) is 6.10 Å². The average Bonchev–Trinajstić information content (AvgIpc) is 2.76. The molecule has 182 valence electrons. The predicted molar refractivity (Wildman–Crippen MR) is 115 cm³/mol. The molecule has 1 aromatic heterocycles. The number of ether oxygens (including phenoxy) is 3. The van der Waals surface area contributed by atoms with Crippen molar-refractivity contribution in [1.82, 2.24) is 9.88 Å². The van der Waals surface area contributed by atoms with Gasteiger partial charge in [-0.2, -0.15) is 0 Å². The van der Waals surface area contributed by atoms with Crippen molar-refractivity contribution >= 4 is 17.8 Å². The lowest BCUT2D eigenvalue weighted by atomic mass is 9.94. The van der Waals surface area contributed by atoms with E-state index in [-0.39, 0.29) is 35.1 Å². The number of ketones is 1. The Morgan fingerprint density at radius 1 is 1.24 bits per heavy atom. The molecule has 1 atom stereocenters. The third-order valence-corrected chi connectivity index (χ3v) is 5.13. The quantitative estimate of drug-likeness (QED) is 0.480. The Balaban J connectivity index is 1.87. The van der Waals surface area contributed by atoms with Crippen LogP contribution in [0.1, 0.15) is 53.6 Å². The minimum Gasteiger partial charge on any atom is -0.451 e. The zero-order valence-corrected chi connectivity index (χ0v) is 18.9. The van der Waals surface area contributed by atoms with E-state index < -0.39 is 47.8 Å². The van der Waals surface area contributed by atoms with Gasteiger partial charge in [0.25, 0.3) is 5.91 Å². The van der Waals surface area contributed by atoms with E-state index in [2.05, 4.69) is 5.32 Å². The molecule has 0 spiro atoms. The monoisotopic (exact) mass is 478 g/mol. The number of nitrogens with one attached hydrogen (secondary N) is 1. The highest BCUT2D eigenvalue weighted by atomic mass is 19.1. The number of amides is 1. The predicted octanol–water partition coefficient (Wildman–Crippen LogP) is 3.18. The van der Waals surface area contributed by atoms with Gasteiger partial charge in [0, 0.05) is 36.8 Å². The molecule has 1 unspecified atom stereocenters. The first kappa shape index (κ1) is 24.9. The zero-order chi connectivity index (χ0) is 25.0. The van der Waals surface area contributed by atoms with Crippen molar-refractivity contribution in [2.75, 3.05) is 6.79 Å². The van der Waals surface area contributed by atoms with Crippen molar-refractivity contribution in [3.05, 3.63) is 63.1 Å². The van der Waals surface area contributed by atoms with Gasteiger partial charge in [-0.3, -0.25) is 14.4 Å². The Bertz CT molecular complexity index is 1180. The smallest absolute Gasteiger partial charge is 0.451 e. The van der Waals surface area contributed by atoms with Gasteiger partial charge in [0.2, 0.25) is 12.2 Å². The third kappa shape index (κ3) is 5.59. The van der Waals surface area contributed by atoms with Crippen LogP contribution in [0.25, 0.3) is 0 Å². The van der Waals surface area contributed by atoms with E-state index in [0.29, 0.717) is 19.0 Å². The second-order valence-electron chi connectivity index (χ2n) is 8.04. The molecule has 11 heteroatoms. The van der Waals surface area contributed by atoms with Gasteiger partial charge in [-0.05, 0) is 26.3 Å². The Morgan fingerprint density at radius 3 is 2.65 bits per heavy atom. The van der Waals surface area contributed by atoms with E-state index in [0.717, 1.165) is 6.07 Å². The van der Waals surface area contributed by atoms with Crippen LogP contribution in [0.5, 0.6) is 5.75 Å². The summed E-state index contributed by atoms with van der Waals surface area (Å²) in [6.45, 7) is 4.25. The molecule has 0 fully saturated rings. The highest BCUT2D eigenvalue weighted by Crippen LogP contribution is 2.26. The Hall–Kier alpha value is -3.76. The van der Waals surface area contributed by atoms with E-state index in [9.17, 15) is 28.0 Å². The average molecular weight is 478 g/mol. The number of fused-ring (bicyclic) bond motifs is 1. The van der Waals surface area contributed by atoms with Crippen molar-refractivity contribution in [1.29, 1.82) is 0 Å². The number of hydrogen-bond acceptors (Lipinski definition) is 7. The Kier molecular flexibility index (Phi) is 7.64. The van der Waals surface area contributed by atoms with E-state index in [4.69, 9.17) is 14.2 Å². The normalized spacial score (nSPS) is 15.0. The second kappa shape index (κ2) is 10.4. The first-order valence-electron chi connectivity index (χ1n) is 10.6. The number of carbonyl (C=O) groups is 3. The third-order valence-electron chi connectivity index (χ3n) is 5.13. The van der Waals surface area contributed by atoms with Crippen molar-refractivity contribution in [3.8, 4) is 5.75 Å². The lowest BCUT2D eigenvalue weighted by molar-refractivity contribution is -0.00899. The topological polar surface area (TPSA) is 113 Å². The van der Waals surface area contributed by atoms with Crippen LogP contribution in [0, 0.1) is 17.6 Å². The van der Waals surface area contributed by atoms with Gasteiger partial charge in [-0.1, -0.05) is 13.0 Å². The summed E-state index contributed by atoms with van der Waals surface area (Å²) in [7, 11) is 0. The van der Waals surface area contributed by atoms with Gasteiger partial charge >= 0.3 is 6.16 Å². The van der Waals surface area contributed by atoms with E-state index in [1.165, 1.54) is 16.8 Å². The highest BCUT2D eigenvalue weighted by molar-refractivity contribution is 6.01. The first-order chi connectivity index (χ1) is 16.1. The summed E-state index contributed by atoms with van der Waals surface area (Å²) >= 11 is 0. The van der Waals surface area contributed by atoms with Crippen molar-refractivity contribution in [3.63, 3.8) is 0 Å². The Labute approximate surface area is 193 Å². The molecule has 1 amide bonds. The minimum atomic E-state index is -1.03. The fourth-order valence-corrected chi connectivity index (χ4v) is 3.36. The van der Waals surface area contributed by atoms with E-state index in [1.54, 1.807) is 20.8 Å². The van der Waals surface area contributed by atoms with Crippen LogP contribution < -0.4 is 15.5 Å². The molecule has 1 aliphatic heterocycles. The number of nitrogens with zero attached hydrogens (tertiary/aromatic N) is 1. The number of rotatable bonds is 7. The van der Waals surface area contributed by atoms with E-state index >= 15 is 0 Å². The zero-order valence-electron chi connectivity index (χ0n) is 18.9. The van der Waals surface area contributed by atoms with Crippen molar-refractivity contribution < 1.29 is 37.4 Å². The molecular weight excluding hydrogens is 454 g/mol. The summed E-state index contributed by atoms with van der Waals surface area (Å²) < 4.78 is 43.3. The standard InChI is InChI=1S/C23H24F2N2O7/c1-12(2)34-23(31)33-11-32-21-18-19(28)13(3)6-7-27(18)10-16(20(21)29)22(30)26-9-14-4-5-15(24)8-17(14)25/h4-5,8,10,12-13H,6-7,9,11H2,1-3H3,(H,26,30). The summed E-state index contributed by atoms with van der Waals surface area (Å²) in [4.78, 5) is 50.1. The summed E-state index contributed by atoms with van der Waals surface area (Å²) in [5.74, 6) is -3.63. The van der Waals surface area contributed by atoms with Crippen LogP contribution in [-0.4, -0.2) is 35.3 Å². The van der Waals surface area contributed by atoms with Crippen LogP contribution in [0.2, 0.25) is 0 Å². The number of halogens is 2. The fraction of sp³-hybridized carbons (Fsp3) is 0.391. The number of Topliss-reactive ketones (excluding diaryl/α,β-unsaturated/α-hetero) is 1. The molecule has 1 aliphatic rings. The van der Waals surface area contributed by atoms with Gasteiger partial charge < -0.3 is 24.1 Å². The number of carbonyl (C=O) groups excluding carboxylic acids is 3. The van der Waals surface area contributed by atoms with E-state index in [1.807, 2.05) is 0 Å². The molecule has 1 aromatic carbocycles. The van der Waals surface area contributed by atoms with Crippen LogP contribution in [-0.2, 0) is 22.6 Å². The molecule has 0 saturated heterocycles. The molecule has 1 N–H and O–H groups in total. The van der Waals surface area contributed by atoms with Crippen LogP contribution in [0.15, 0.2) is 29.2 Å². The summed E-state index contributed by atoms with van der Waals surface area (Å²) in [6.07, 6.45) is 0.247. The molecule has 9 nitrogen and oxygen atoms in total. The van der Waals surface area contributed by atoms with Crippen LogP contribution in [0.3, 0.4) is 0 Å². The molecule has 0 radical (unpaired) electrons. The van der Waals surface area contributed by atoms with Crippen LogP contribution >= 0.6 is 0 Å². The fourth-order valence-electron chi connectivity index (χ4n) is 3.36. The molecule has 3 rings (SSSR count). The van der Waals surface area contributed by atoms with Crippen molar-refractivity contribution in [2.45, 2.75) is 46.4 Å². The lowest BCUT2D eigenvalue weighted by Crippen LogP contribution is -2.35. The first-order valence-corrected chi connectivity index (χ1v) is 10.6. The molecule has 0 bridgehead atoms. The summed E-state index contributed by atoms with van der Waals surface area (Å²) in [5, 5.41) is 2.41. The molecule has 34 heavy (non-hydrogen) atoms. The number of pyridine rings is 1. The molecule has 2 heterocycles. The van der Waals surface area contributed by atoms with Gasteiger partial charge in [-0.25, -0.2) is 13.6 Å². The number of hydrogen-bond donors (Lipinski definition) is 1. The molecule has 0 saturated carbocycles. The minimum absolute atomic E-state index is 0.0188. The maximum Gasteiger partial charge on any atom is 0.511 e. The van der Waals surface area contributed by atoms with Gasteiger partial charge in [-0.15, -0.1) is 0 Å². The van der Waals surface area contributed by atoms with Crippen LogP contribution in [0.4, 0.5) is 13.6 Å². The Morgan fingerprint density at radius 2 is 1.97 bits per heavy atom. The highest BCUT2D eigenvalue weighted by Gasteiger charge is 2.31.